The molecule has 4 aromatic rings. The highest BCUT2D eigenvalue weighted by atomic mass is 19.1. The van der Waals surface area contributed by atoms with Crippen molar-refractivity contribution in [3.63, 3.8) is 0 Å². The fourth-order valence-corrected chi connectivity index (χ4v) is 4.72. The fourth-order valence-electron chi connectivity index (χ4n) is 4.72. The van der Waals surface area contributed by atoms with Crippen LogP contribution in [0.3, 0.4) is 0 Å². The van der Waals surface area contributed by atoms with E-state index in [9.17, 15) is 14.8 Å². The van der Waals surface area contributed by atoms with Crippen LogP contribution in [0.15, 0.2) is 60.3 Å². The predicted octanol–water partition coefficient (Wildman–Crippen LogP) is 5.07. The second kappa shape index (κ2) is 7.79. The second-order valence-electron chi connectivity index (χ2n) is 8.81. The van der Waals surface area contributed by atoms with Crippen molar-refractivity contribution in [1.82, 2.24) is 14.6 Å². The zero-order chi connectivity index (χ0) is 23.4. The van der Waals surface area contributed by atoms with Crippen molar-refractivity contribution in [2.24, 2.45) is 0 Å². The first-order valence-corrected chi connectivity index (χ1v) is 11.2. The van der Waals surface area contributed by atoms with E-state index in [1.54, 1.807) is 23.7 Å². The Morgan fingerprint density at radius 1 is 1.21 bits per heavy atom. The molecule has 6 nitrogen and oxygen atoms in total. The number of nitrogens with zero attached hydrogens (tertiary/aromatic N) is 4. The molecule has 168 valence electrons. The number of nitriles is 1. The first-order chi connectivity index (χ1) is 16.5. The van der Waals surface area contributed by atoms with Gasteiger partial charge in [-0.15, -0.1) is 0 Å². The van der Waals surface area contributed by atoms with Crippen molar-refractivity contribution in [2.45, 2.75) is 38.4 Å². The topological polar surface area (TPSA) is 83.4 Å². The number of aliphatic hydroxyl groups is 1. The molecule has 7 heteroatoms. The molecular formula is C27H21FN4O2. The van der Waals surface area contributed by atoms with E-state index < -0.39 is 11.9 Å². The van der Waals surface area contributed by atoms with Crippen molar-refractivity contribution < 1.29 is 14.2 Å². The van der Waals surface area contributed by atoms with E-state index in [1.165, 1.54) is 12.1 Å². The Morgan fingerprint density at radius 2 is 2.03 bits per heavy atom. The van der Waals surface area contributed by atoms with Crippen LogP contribution < -0.4 is 4.74 Å². The quantitative estimate of drug-likeness (QED) is 0.439. The minimum atomic E-state index is -0.932. The Kier molecular flexibility index (Phi) is 4.71. The molecule has 0 radical (unpaired) electrons. The van der Waals surface area contributed by atoms with Crippen molar-refractivity contribution in [2.75, 3.05) is 0 Å². The number of imidazole rings is 1. The molecule has 0 spiro atoms. The molecule has 3 heterocycles. The Hall–Kier alpha value is -4.02. The van der Waals surface area contributed by atoms with E-state index in [0.717, 1.165) is 29.7 Å². The van der Waals surface area contributed by atoms with E-state index in [-0.39, 0.29) is 6.61 Å². The summed E-state index contributed by atoms with van der Waals surface area (Å²) in [4.78, 5) is 4.74. The number of fused-ring (bicyclic) bond motifs is 3. The maximum Gasteiger partial charge on any atom is 0.154 e. The number of hydrogen-bond acceptors (Lipinski definition) is 5. The number of allylic oxidation sites excluding steroid dienone is 1. The van der Waals surface area contributed by atoms with Crippen molar-refractivity contribution in [1.29, 1.82) is 5.26 Å². The summed E-state index contributed by atoms with van der Waals surface area (Å²) in [5.41, 5.74) is 6.51. The van der Waals surface area contributed by atoms with Gasteiger partial charge in [0, 0.05) is 34.9 Å². The highest BCUT2D eigenvalue weighted by molar-refractivity contribution is 5.88. The molecule has 1 unspecified atom stereocenters. The summed E-state index contributed by atoms with van der Waals surface area (Å²) in [6.07, 6.45) is 2.86. The van der Waals surface area contributed by atoms with Gasteiger partial charge in [-0.3, -0.25) is 0 Å². The number of benzene rings is 2. The van der Waals surface area contributed by atoms with Crippen LogP contribution >= 0.6 is 0 Å². The van der Waals surface area contributed by atoms with Crippen molar-refractivity contribution in [3.8, 4) is 11.8 Å². The normalized spacial score (nSPS) is 17.2. The lowest BCUT2D eigenvalue weighted by atomic mass is 9.89. The molecule has 1 saturated carbocycles. The number of ether oxygens (including phenoxy) is 1. The molecule has 0 amide bonds. The van der Waals surface area contributed by atoms with Gasteiger partial charge >= 0.3 is 0 Å². The van der Waals surface area contributed by atoms with Crippen molar-refractivity contribution >= 4 is 11.2 Å². The molecule has 34 heavy (non-hydrogen) atoms. The van der Waals surface area contributed by atoms with E-state index in [4.69, 9.17) is 9.72 Å². The minimum absolute atomic E-state index is 0.190. The number of aliphatic hydroxyl groups excluding tert-OH is 1. The van der Waals surface area contributed by atoms with Crippen molar-refractivity contribution in [3.05, 3.63) is 99.8 Å². The van der Waals surface area contributed by atoms with Gasteiger partial charge in [0.1, 0.15) is 24.3 Å². The molecule has 1 aliphatic carbocycles. The lowest BCUT2D eigenvalue weighted by molar-refractivity contribution is 0.211. The lowest BCUT2D eigenvalue weighted by Crippen LogP contribution is -2.09. The van der Waals surface area contributed by atoms with Crippen LogP contribution in [0.5, 0.6) is 5.75 Å². The molecule has 1 N–H and O–H groups in total. The van der Waals surface area contributed by atoms with Gasteiger partial charge in [0.15, 0.2) is 5.65 Å². The zero-order valence-electron chi connectivity index (χ0n) is 18.5. The lowest BCUT2D eigenvalue weighted by Gasteiger charge is -2.16. The summed E-state index contributed by atoms with van der Waals surface area (Å²) in [7, 11) is 0. The maximum absolute atomic E-state index is 13.9. The van der Waals surface area contributed by atoms with Gasteiger partial charge in [0.2, 0.25) is 0 Å². The van der Waals surface area contributed by atoms with Gasteiger partial charge in [-0.2, -0.15) is 10.4 Å². The number of aromatic nitrogens is 3. The molecule has 2 aromatic carbocycles. The monoisotopic (exact) mass is 452 g/mol. The predicted molar refractivity (Wildman–Crippen MR) is 124 cm³/mol. The average molecular weight is 452 g/mol. The van der Waals surface area contributed by atoms with E-state index >= 15 is 0 Å². The van der Waals surface area contributed by atoms with Crippen LogP contribution in [-0.2, 0) is 6.61 Å². The van der Waals surface area contributed by atoms with Gasteiger partial charge < -0.3 is 9.84 Å². The first kappa shape index (κ1) is 20.6. The van der Waals surface area contributed by atoms with Crippen LogP contribution in [-0.4, -0.2) is 19.7 Å². The molecule has 6 rings (SSSR count). The molecule has 1 atom stereocenters. The van der Waals surface area contributed by atoms with Gasteiger partial charge in [-0.1, -0.05) is 12.1 Å². The Balaban J connectivity index is 1.48. The number of hydrogen-bond donors (Lipinski definition) is 1. The smallest absolute Gasteiger partial charge is 0.154 e. The molecular weight excluding hydrogens is 431 g/mol. The van der Waals surface area contributed by atoms with Gasteiger partial charge in [0.05, 0.1) is 17.5 Å². The molecule has 0 bridgehead atoms. The third kappa shape index (κ3) is 3.27. The Morgan fingerprint density at radius 3 is 2.82 bits per heavy atom. The molecule has 2 aromatic heterocycles. The van der Waals surface area contributed by atoms with E-state index in [0.29, 0.717) is 45.3 Å². The number of halogens is 1. The van der Waals surface area contributed by atoms with Crippen LogP contribution in [0, 0.1) is 17.1 Å². The largest absolute Gasteiger partial charge is 0.488 e. The summed E-state index contributed by atoms with van der Waals surface area (Å²) >= 11 is 0. The number of rotatable bonds is 3. The van der Waals surface area contributed by atoms with Crippen LogP contribution in [0.1, 0.15) is 65.4 Å². The molecule has 0 saturated heterocycles. The minimum Gasteiger partial charge on any atom is -0.488 e. The maximum atomic E-state index is 13.9. The standard InChI is InChI=1S/C27H21FN4O2/c1-15(13-29)24-20-8-6-17(11-18(20)14-34-22-12-19(28)7-9-21(22)24)27(33)26-25(16-4-5-16)31-23-3-2-10-30-32(23)26/h2-3,6-12,16,27,33H,4-5,14H2,1H3. The molecule has 1 aliphatic heterocycles. The second-order valence-corrected chi connectivity index (χ2v) is 8.81. The fraction of sp³-hybridized carbons (Fsp3) is 0.222. The van der Waals surface area contributed by atoms with E-state index in [2.05, 4.69) is 11.2 Å². The van der Waals surface area contributed by atoms with Gasteiger partial charge in [-0.25, -0.2) is 13.9 Å². The Bertz CT molecular complexity index is 1530. The third-order valence-corrected chi connectivity index (χ3v) is 6.53. The summed E-state index contributed by atoms with van der Waals surface area (Å²) in [6.45, 7) is 1.93. The summed E-state index contributed by atoms with van der Waals surface area (Å²) < 4.78 is 21.6. The average Bonchev–Trinajstić information content (AvgIpc) is 3.65. The van der Waals surface area contributed by atoms with Gasteiger partial charge in [-0.05, 0) is 66.8 Å². The summed E-state index contributed by atoms with van der Waals surface area (Å²) in [5.74, 6) is 0.333. The molecule has 2 aliphatic rings. The summed E-state index contributed by atoms with van der Waals surface area (Å²) in [5, 5.41) is 25.6. The zero-order valence-corrected chi connectivity index (χ0v) is 18.5. The highest BCUT2D eigenvalue weighted by Gasteiger charge is 2.34. The third-order valence-electron chi connectivity index (χ3n) is 6.53. The van der Waals surface area contributed by atoms with E-state index in [1.807, 2.05) is 30.3 Å². The SMILES string of the molecule is CC(C#N)=C1c2ccc(C(O)c3c(C4CC4)nc4cccnn34)cc2COc2cc(F)ccc21. The van der Waals surface area contributed by atoms with Crippen LogP contribution in [0.4, 0.5) is 4.39 Å². The van der Waals surface area contributed by atoms with Crippen LogP contribution in [0.25, 0.3) is 11.2 Å². The van der Waals surface area contributed by atoms with Gasteiger partial charge in [0.25, 0.3) is 0 Å². The van der Waals surface area contributed by atoms with Crippen LogP contribution in [0.2, 0.25) is 0 Å². The highest BCUT2D eigenvalue weighted by Crippen LogP contribution is 2.44. The summed E-state index contributed by atoms with van der Waals surface area (Å²) in [6, 6.07) is 16.0. The Labute approximate surface area is 195 Å². The molecule has 1 fully saturated rings. The first-order valence-electron chi connectivity index (χ1n) is 11.2.